The Morgan fingerprint density at radius 2 is 1.96 bits per heavy atom. The van der Waals surface area contributed by atoms with Crippen molar-refractivity contribution in [1.29, 1.82) is 0 Å². The van der Waals surface area contributed by atoms with Gasteiger partial charge in [0.2, 0.25) is 0 Å². The fourth-order valence-electron chi connectivity index (χ4n) is 4.05. The van der Waals surface area contributed by atoms with Gasteiger partial charge in [-0.1, -0.05) is 18.2 Å². The summed E-state index contributed by atoms with van der Waals surface area (Å²) in [6.07, 6.45) is 5.80. The molecule has 1 aliphatic heterocycles. The van der Waals surface area contributed by atoms with Crippen LogP contribution < -0.4 is 5.32 Å². The summed E-state index contributed by atoms with van der Waals surface area (Å²) in [5, 5.41) is 12.0. The van der Waals surface area contributed by atoms with Gasteiger partial charge in [-0.05, 0) is 55.6 Å². The van der Waals surface area contributed by atoms with Gasteiger partial charge in [0.05, 0.1) is 0 Å². The van der Waals surface area contributed by atoms with Crippen LogP contribution in [0.25, 0.3) is 0 Å². The number of carboxylic acid groups (broad SMARTS) is 1. The van der Waals surface area contributed by atoms with Gasteiger partial charge >= 0.3 is 5.97 Å². The molecule has 0 radical (unpaired) electrons. The molecule has 24 heavy (non-hydrogen) atoms. The Balaban J connectivity index is 1.62. The van der Waals surface area contributed by atoms with Gasteiger partial charge in [-0.3, -0.25) is 9.59 Å². The highest BCUT2D eigenvalue weighted by Gasteiger charge is 2.40. The van der Waals surface area contributed by atoms with Crippen LogP contribution in [0.15, 0.2) is 24.3 Å². The summed E-state index contributed by atoms with van der Waals surface area (Å²) in [5.74, 6) is -0.924. The lowest BCUT2D eigenvalue weighted by Crippen LogP contribution is -2.35. The minimum atomic E-state index is -0.845. The molecule has 1 aliphatic carbocycles. The normalized spacial score (nSPS) is 22.4. The van der Waals surface area contributed by atoms with Crippen molar-refractivity contribution in [3.63, 3.8) is 0 Å². The Labute approximate surface area is 142 Å². The molecule has 1 unspecified atom stereocenters. The second-order valence-corrected chi connectivity index (χ2v) is 7.08. The average molecular weight is 331 g/mol. The van der Waals surface area contributed by atoms with Gasteiger partial charge in [0.25, 0.3) is 5.91 Å². The molecular weight excluding hydrogens is 306 g/mol. The Kier molecular flexibility index (Phi) is 5.19. The fraction of sp³-hybridized carbons (Fsp3) is 0.579. The van der Waals surface area contributed by atoms with Crippen molar-refractivity contribution in [2.24, 2.45) is 5.41 Å². The molecule has 2 N–H and O–H groups in total. The smallest absolute Gasteiger partial charge is 0.303 e. The quantitative estimate of drug-likeness (QED) is 0.870. The third kappa shape index (κ3) is 3.96. The summed E-state index contributed by atoms with van der Waals surface area (Å²) in [6, 6.07) is 7.51. The monoisotopic (exact) mass is 331 g/mol. The van der Waals surface area contributed by atoms with Crippen molar-refractivity contribution >= 4 is 11.9 Å². The van der Waals surface area contributed by atoms with E-state index in [0.29, 0.717) is 17.4 Å². The first-order chi connectivity index (χ1) is 11.6. The third-order valence-electron chi connectivity index (χ3n) is 5.46. The maximum absolute atomic E-state index is 12.7. The highest BCUT2D eigenvalue weighted by molar-refractivity contribution is 5.96. The molecule has 1 saturated carbocycles. The number of carbonyl (C=O) groups is 2. The lowest BCUT2D eigenvalue weighted by atomic mass is 9.78. The van der Waals surface area contributed by atoms with Gasteiger partial charge in [0, 0.05) is 31.2 Å². The van der Waals surface area contributed by atoms with Crippen LogP contribution in [-0.4, -0.2) is 36.2 Å². The number of amides is 1. The number of hydrogen-bond acceptors (Lipinski definition) is 3. The second kappa shape index (κ2) is 7.34. The number of carbonyl (C=O) groups excluding carboxylic acids is 1. The van der Waals surface area contributed by atoms with Crippen LogP contribution >= 0.6 is 0 Å². The number of aliphatic carboxylic acids is 1. The van der Waals surface area contributed by atoms with Crippen molar-refractivity contribution in [3.05, 3.63) is 35.4 Å². The molecular formula is C19H25NO4. The maximum atomic E-state index is 12.7. The van der Waals surface area contributed by atoms with E-state index in [4.69, 9.17) is 9.84 Å². The number of nitrogens with one attached hydrogen (secondary N) is 1. The van der Waals surface area contributed by atoms with Crippen LogP contribution in [0, 0.1) is 5.41 Å². The lowest BCUT2D eigenvalue weighted by molar-refractivity contribution is -0.136. The van der Waals surface area contributed by atoms with Crippen molar-refractivity contribution in [2.75, 3.05) is 13.2 Å². The summed E-state index contributed by atoms with van der Waals surface area (Å²) >= 11 is 0. The zero-order chi connectivity index (χ0) is 17.0. The van der Waals surface area contributed by atoms with Crippen molar-refractivity contribution < 1.29 is 19.4 Å². The van der Waals surface area contributed by atoms with E-state index in [1.807, 2.05) is 18.2 Å². The Morgan fingerprint density at radius 3 is 2.71 bits per heavy atom. The van der Waals surface area contributed by atoms with E-state index < -0.39 is 5.97 Å². The predicted molar refractivity (Wildman–Crippen MR) is 90.0 cm³/mol. The van der Waals surface area contributed by atoms with E-state index in [1.54, 1.807) is 6.07 Å². The third-order valence-corrected chi connectivity index (χ3v) is 5.46. The first kappa shape index (κ1) is 17.0. The van der Waals surface area contributed by atoms with E-state index in [-0.39, 0.29) is 18.4 Å². The van der Waals surface area contributed by atoms with Crippen molar-refractivity contribution in [2.45, 2.75) is 51.0 Å². The van der Waals surface area contributed by atoms with Gasteiger partial charge < -0.3 is 15.2 Å². The molecule has 1 aromatic carbocycles. The van der Waals surface area contributed by atoms with Crippen LogP contribution in [0.5, 0.6) is 0 Å². The molecule has 1 heterocycles. The first-order valence-electron chi connectivity index (χ1n) is 8.76. The SMILES string of the molecule is O=C(O)CCc1ccccc1C(=O)NC1CCC2(CCOCC2)C1. The highest BCUT2D eigenvalue weighted by atomic mass is 16.5. The van der Waals surface area contributed by atoms with Gasteiger partial charge in [-0.15, -0.1) is 0 Å². The summed E-state index contributed by atoms with van der Waals surface area (Å²) in [4.78, 5) is 23.4. The Morgan fingerprint density at radius 1 is 1.21 bits per heavy atom. The maximum Gasteiger partial charge on any atom is 0.303 e. The van der Waals surface area contributed by atoms with E-state index in [0.717, 1.165) is 50.9 Å². The van der Waals surface area contributed by atoms with Crippen LogP contribution in [0.4, 0.5) is 0 Å². The van der Waals surface area contributed by atoms with Gasteiger partial charge in [-0.2, -0.15) is 0 Å². The molecule has 5 nitrogen and oxygen atoms in total. The van der Waals surface area contributed by atoms with Crippen LogP contribution in [0.1, 0.15) is 54.4 Å². The summed E-state index contributed by atoms with van der Waals surface area (Å²) < 4.78 is 5.47. The molecule has 1 amide bonds. The van der Waals surface area contributed by atoms with E-state index in [1.165, 1.54) is 0 Å². The zero-order valence-electron chi connectivity index (χ0n) is 13.9. The average Bonchev–Trinajstić information content (AvgIpc) is 2.95. The molecule has 1 atom stereocenters. The predicted octanol–water partition coefficient (Wildman–Crippen LogP) is 2.78. The molecule has 0 aromatic heterocycles. The molecule has 0 bridgehead atoms. The first-order valence-corrected chi connectivity index (χ1v) is 8.76. The fourth-order valence-corrected chi connectivity index (χ4v) is 4.05. The number of aryl methyl sites for hydroxylation is 1. The molecule has 1 aromatic rings. The van der Waals surface area contributed by atoms with E-state index in [9.17, 15) is 9.59 Å². The molecule has 5 heteroatoms. The molecule has 2 aliphatic rings. The minimum Gasteiger partial charge on any atom is -0.481 e. The Hall–Kier alpha value is -1.88. The standard InChI is InChI=1S/C19H25NO4/c21-17(22)6-5-14-3-1-2-4-16(14)18(23)20-15-7-8-19(13-15)9-11-24-12-10-19/h1-4,15H,5-13H2,(H,20,23)(H,21,22). The van der Waals surface area contributed by atoms with Crippen LogP contribution in [-0.2, 0) is 16.0 Å². The molecule has 1 spiro atoms. The zero-order valence-corrected chi connectivity index (χ0v) is 13.9. The van der Waals surface area contributed by atoms with E-state index >= 15 is 0 Å². The Bertz CT molecular complexity index is 607. The highest BCUT2D eigenvalue weighted by Crippen LogP contribution is 2.45. The minimum absolute atomic E-state index is 0.0385. The molecule has 2 fully saturated rings. The summed E-state index contributed by atoms with van der Waals surface area (Å²) in [6.45, 7) is 1.66. The number of hydrogen-bond donors (Lipinski definition) is 2. The lowest BCUT2D eigenvalue weighted by Gasteiger charge is -2.33. The number of benzene rings is 1. The van der Waals surface area contributed by atoms with Gasteiger partial charge in [-0.25, -0.2) is 0 Å². The van der Waals surface area contributed by atoms with Crippen molar-refractivity contribution in [1.82, 2.24) is 5.32 Å². The molecule has 3 rings (SSSR count). The van der Waals surface area contributed by atoms with Gasteiger partial charge in [0.15, 0.2) is 0 Å². The van der Waals surface area contributed by atoms with Crippen molar-refractivity contribution in [3.8, 4) is 0 Å². The van der Waals surface area contributed by atoms with E-state index in [2.05, 4.69) is 5.32 Å². The van der Waals surface area contributed by atoms with Gasteiger partial charge in [0.1, 0.15) is 0 Å². The number of carboxylic acids is 1. The largest absolute Gasteiger partial charge is 0.481 e. The van der Waals surface area contributed by atoms with Crippen LogP contribution in [0.2, 0.25) is 0 Å². The summed E-state index contributed by atoms with van der Waals surface area (Å²) in [7, 11) is 0. The number of rotatable bonds is 5. The topological polar surface area (TPSA) is 75.6 Å². The molecule has 1 saturated heterocycles. The van der Waals surface area contributed by atoms with Crippen LogP contribution in [0.3, 0.4) is 0 Å². The summed E-state index contributed by atoms with van der Waals surface area (Å²) in [5.41, 5.74) is 1.75. The number of ether oxygens (including phenoxy) is 1. The molecule has 130 valence electrons. The second-order valence-electron chi connectivity index (χ2n) is 7.08.